The molecule has 5 heteroatoms. The lowest BCUT2D eigenvalue weighted by atomic mass is 9.77. The zero-order valence-electron chi connectivity index (χ0n) is 8.74. The molecule has 0 unspecified atom stereocenters. The molecule has 2 rings (SSSR count). The first-order valence-electron chi connectivity index (χ1n) is 5.02. The Morgan fingerprint density at radius 2 is 2.06 bits per heavy atom. The summed E-state index contributed by atoms with van der Waals surface area (Å²) >= 11 is 0. The zero-order valence-corrected chi connectivity index (χ0v) is 9.56. The van der Waals surface area contributed by atoms with E-state index in [9.17, 15) is 9.65 Å². The summed E-state index contributed by atoms with van der Waals surface area (Å²) in [6.45, 7) is 1.57. The van der Waals surface area contributed by atoms with Gasteiger partial charge in [0.05, 0.1) is 11.8 Å². The standard InChI is InChI=1S/C11H12FN3.ClH/c12-10-3-1-2-9(15-10)11(8-13)4-6-14-7-5-11;/h1-3,14H,4-7H2;1H. The number of aromatic nitrogens is 1. The lowest BCUT2D eigenvalue weighted by molar-refractivity contribution is 0.370. The molecule has 1 N–H and O–H groups in total. The normalized spacial score (nSPS) is 18.2. The van der Waals surface area contributed by atoms with Crippen LogP contribution in [0.15, 0.2) is 18.2 Å². The first-order chi connectivity index (χ1) is 7.27. The predicted octanol–water partition coefficient (Wildman–Crippen LogP) is 1.79. The Bertz CT molecular complexity index is 396. The summed E-state index contributed by atoms with van der Waals surface area (Å²) in [5.74, 6) is -0.513. The van der Waals surface area contributed by atoms with Crippen LogP contribution in [-0.4, -0.2) is 18.1 Å². The third-order valence-electron chi connectivity index (χ3n) is 2.88. The lowest BCUT2D eigenvalue weighted by Gasteiger charge is -2.30. The van der Waals surface area contributed by atoms with Crippen LogP contribution in [0.1, 0.15) is 18.5 Å². The summed E-state index contributed by atoms with van der Waals surface area (Å²) in [6.07, 6.45) is 1.39. The lowest BCUT2D eigenvalue weighted by Crippen LogP contribution is -2.39. The van der Waals surface area contributed by atoms with Crippen LogP contribution in [0.5, 0.6) is 0 Å². The third kappa shape index (κ3) is 2.31. The van der Waals surface area contributed by atoms with Crippen LogP contribution in [0.2, 0.25) is 0 Å². The fraction of sp³-hybridized carbons (Fsp3) is 0.455. The molecular weight excluding hydrogens is 229 g/mol. The molecule has 0 atom stereocenters. The van der Waals surface area contributed by atoms with Crippen LogP contribution < -0.4 is 5.32 Å². The Hall–Kier alpha value is -1.18. The number of halogens is 2. The quantitative estimate of drug-likeness (QED) is 0.763. The van der Waals surface area contributed by atoms with Gasteiger partial charge in [-0.05, 0) is 38.1 Å². The molecule has 0 amide bonds. The predicted molar refractivity (Wildman–Crippen MR) is 60.8 cm³/mol. The third-order valence-corrected chi connectivity index (χ3v) is 2.88. The smallest absolute Gasteiger partial charge is 0.213 e. The molecule has 0 aliphatic carbocycles. The number of pyridine rings is 1. The van der Waals surface area contributed by atoms with E-state index in [0.717, 1.165) is 13.1 Å². The van der Waals surface area contributed by atoms with E-state index >= 15 is 0 Å². The number of piperidine rings is 1. The molecule has 0 bridgehead atoms. The van der Waals surface area contributed by atoms with Crippen LogP contribution in [0.4, 0.5) is 4.39 Å². The van der Waals surface area contributed by atoms with E-state index in [2.05, 4.69) is 16.4 Å². The summed E-state index contributed by atoms with van der Waals surface area (Å²) in [6, 6.07) is 6.94. The van der Waals surface area contributed by atoms with E-state index in [1.807, 2.05) is 0 Å². The molecule has 86 valence electrons. The van der Waals surface area contributed by atoms with Gasteiger partial charge < -0.3 is 5.32 Å². The maximum atomic E-state index is 13.0. The Kier molecular flexibility index (Phi) is 4.22. The molecule has 0 saturated carbocycles. The molecule has 16 heavy (non-hydrogen) atoms. The molecule has 1 fully saturated rings. The van der Waals surface area contributed by atoms with E-state index in [0.29, 0.717) is 18.5 Å². The van der Waals surface area contributed by atoms with E-state index in [1.165, 1.54) is 6.07 Å². The molecule has 0 radical (unpaired) electrons. The number of hydrogen-bond acceptors (Lipinski definition) is 3. The molecule has 1 aromatic heterocycles. The molecule has 1 aliphatic heterocycles. The van der Waals surface area contributed by atoms with Crippen LogP contribution in [0, 0.1) is 17.3 Å². The van der Waals surface area contributed by atoms with Gasteiger partial charge in [0.2, 0.25) is 5.95 Å². The molecule has 1 aromatic rings. The van der Waals surface area contributed by atoms with Gasteiger partial charge in [0.1, 0.15) is 5.41 Å². The molecule has 0 aromatic carbocycles. The highest BCUT2D eigenvalue weighted by atomic mass is 35.5. The van der Waals surface area contributed by atoms with Crippen molar-refractivity contribution in [2.75, 3.05) is 13.1 Å². The van der Waals surface area contributed by atoms with Crippen molar-refractivity contribution < 1.29 is 4.39 Å². The molecule has 3 nitrogen and oxygen atoms in total. The summed E-state index contributed by atoms with van der Waals surface area (Å²) in [4.78, 5) is 3.82. The summed E-state index contributed by atoms with van der Waals surface area (Å²) in [7, 11) is 0. The number of nitrogens with zero attached hydrogens (tertiary/aromatic N) is 2. The van der Waals surface area contributed by atoms with Gasteiger partial charge in [0.15, 0.2) is 0 Å². The van der Waals surface area contributed by atoms with Gasteiger partial charge in [-0.2, -0.15) is 9.65 Å². The van der Waals surface area contributed by atoms with Crippen LogP contribution in [-0.2, 0) is 5.41 Å². The molecular formula is C11H13ClFN3. The minimum atomic E-state index is -0.604. The Balaban J connectivity index is 0.00000128. The van der Waals surface area contributed by atoms with Crippen molar-refractivity contribution in [3.63, 3.8) is 0 Å². The van der Waals surface area contributed by atoms with Crippen molar-refractivity contribution in [3.8, 4) is 6.07 Å². The first-order valence-corrected chi connectivity index (χ1v) is 5.02. The van der Waals surface area contributed by atoms with Gasteiger partial charge in [-0.1, -0.05) is 6.07 Å². The van der Waals surface area contributed by atoms with Crippen molar-refractivity contribution in [1.29, 1.82) is 5.26 Å². The van der Waals surface area contributed by atoms with Crippen molar-refractivity contribution in [1.82, 2.24) is 10.3 Å². The molecule has 1 saturated heterocycles. The monoisotopic (exact) mass is 241 g/mol. The van der Waals surface area contributed by atoms with Gasteiger partial charge in [-0.15, -0.1) is 12.4 Å². The van der Waals surface area contributed by atoms with Gasteiger partial charge in [-0.3, -0.25) is 0 Å². The van der Waals surface area contributed by atoms with Gasteiger partial charge in [0, 0.05) is 0 Å². The zero-order chi connectivity index (χ0) is 10.7. The Morgan fingerprint density at radius 3 is 2.62 bits per heavy atom. The molecule has 1 aliphatic rings. The van der Waals surface area contributed by atoms with Gasteiger partial charge in [0.25, 0.3) is 0 Å². The summed E-state index contributed by atoms with van der Waals surface area (Å²) < 4.78 is 13.0. The van der Waals surface area contributed by atoms with E-state index in [1.54, 1.807) is 12.1 Å². The topological polar surface area (TPSA) is 48.7 Å². The van der Waals surface area contributed by atoms with E-state index in [-0.39, 0.29) is 12.4 Å². The number of nitriles is 1. The fourth-order valence-electron chi connectivity index (χ4n) is 1.95. The van der Waals surface area contributed by atoms with Crippen molar-refractivity contribution >= 4 is 12.4 Å². The highest BCUT2D eigenvalue weighted by Gasteiger charge is 2.35. The van der Waals surface area contributed by atoms with Gasteiger partial charge >= 0.3 is 0 Å². The second-order valence-corrected chi connectivity index (χ2v) is 3.79. The Labute approximate surface area is 100 Å². The maximum absolute atomic E-state index is 13.0. The maximum Gasteiger partial charge on any atom is 0.213 e. The number of hydrogen-bond donors (Lipinski definition) is 1. The molecule has 0 spiro atoms. The second-order valence-electron chi connectivity index (χ2n) is 3.79. The van der Waals surface area contributed by atoms with Crippen molar-refractivity contribution in [2.45, 2.75) is 18.3 Å². The van der Waals surface area contributed by atoms with Crippen LogP contribution in [0.25, 0.3) is 0 Å². The minimum Gasteiger partial charge on any atom is -0.317 e. The Morgan fingerprint density at radius 1 is 1.38 bits per heavy atom. The second kappa shape index (κ2) is 5.24. The van der Waals surface area contributed by atoms with Crippen molar-refractivity contribution in [2.24, 2.45) is 0 Å². The van der Waals surface area contributed by atoms with E-state index < -0.39 is 11.4 Å². The van der Waals surface area contributed by atoms with Crippen LogP contribution >= 0.6 is 12.4 Å². The number of nitrogens with one attached hydrogen (secondary N) is 1. The van der Waals surface area contributed by atoms with E-state index in [4.69, 9.17) is 0 Å². The minimum absolute atomic E-state index is 0. The average molecular weight is 242 g/mol. The number of rotatable bonds is 1. The SMILES string of the molecule is Cl.N#CC1(c2cccc(F)n2)CCNCC1. The fourth-order valence-corrected chi connectivity index (χ4v) is 1.95. The van der Waals surface area contributed by atoms with Crippen molar-refractivity contribution in [3.05, 3.63) is 29.8 Å². The average Bonchev–Trinajstić information content (AvgIpc) is 2.30. The van der Waals surface area contributed by atoms with Gasteiger partial charge in [-0.25, -0.2) is 4.98 Å². The summed E-state index contributed by atoms with van der Waals surface area (Å²) in [5.41, 5.74) is -0.0422. The first kappa shape index (κ1) is 12.9. The molecule has 2 heterocycles. The van der Waals surface area contributed by atoms with Crippen LogP contribution in [0.3, 0.4) is 0 Å². The highest BCUT2D eigenvalue weighted by molar-refractivity contribution is 5.85. The summed E-state index contributed by atoms with van der Waals surface area (Å²) in [5, 5.41) is 12.4. The highest BCUT2D eigenvalue weighted by Crippen LogP contribution is 2.31. The largest absolute Gasteiger partial charge is 0.317 e.